The number of carbonyl (C=O) groups excluding carboxylic acids is 2. The van der Waals surface area contributed by atoms with Crippen LogP contribution in [0.3, 0.4) is 0 Å². The van der Waals surface area contributed by atoms with Gasteiger partial charge in [-0.15, -0.1) is 0 Å². The van der Waals surface area contributed by atoms with Crippen molar-refractivity contribution in [2.45, 2.75) is 20.3 Å². The molecule has 80 valence electrons. The zero-order valence-corrected chi connectivity index (χ0v) is 8.90. The van der Waals surface area contributed by atoms with E-state index < -0.39 is 0 Å². The van der Waals surface area contributed by atoms with E-state index >= 15 is 0 Å². The Labute approximate surface area is 84.9 Å². The summed E-state index contributed by atoms with van der Waals surface area (Å²) in [5.41, 5.74) is 0. The quantitative estimate of drug-likeness (QED) is 0.600. The minimum atomic E-state index is 0.0535. The largest absolute Gasteiger partial charge is 0.343 e. The third kappa shape index (κ3) is 2.72. The number of carbonyl (C=O) groups is 2. The van der Waals surface area contributed by atoms with Crippen LogP contribution in [-0.4, -0.2) is 48.3 Å². The number of hydrogen-bond acceptors (Lipinski definition) is 2. The monoisotopic (exact) mass is 198 g/mol. The Morgan fingerprint density at radius 1 is 1.21 bits per heavy atom. The molecule has 0 aromatic carbocycles. The fraction of sp³-hybridized carbons (Fsp3) is 0.800. The molecule has 0 aromatic rings. The summed E-state index contributed by atoms with van der Waals surface area (Å²) in [5.74, 6) is 0.246. The van der Waals surface area contributed by atoms with E-state index in [4.69, 9.17) is 0 Å². The van der Waals surface area contributed by atoms with Gasteiger partial charge in [0.05, 0.1) is 0 Å². The molecule has 0 atom stereocenters. The zero-order chi connectivity index (χ0) is 10.6. The minimum Gasteiger partial charge on any atom is -0.343 e. The summed E-state index contributed by atoms with van der Waals surface area (Å²) in [5, 5.41) is 0. The Morgan fingerprint density at radius 3 is 2.50 bits per heavy atom. The fourth-order valence-corrected chi connectivity index (χ4v) is 1.63. The van der Waals surface area contributed by atoms with E-state index in [1.54, 1.807) is 4.90 Å². The third-order valence-electron chi connectivity index (χ3n) is 2.49. The molecule has 1 aliphatic heterocycles. The van der Waals surface area contributed by atoms with E-state index in [9.17, 15) is 9.59 Å². The van der Waals surface area contributed by atoms with Gasteiger partial charge in [0, 0.05) is 32.1 Å². The van der Waals surface area contributed by atoms with Gasteiger partial charge in [0.2, 0.25) is 12.3 Å². The molecular formula is C10H18N2O2. The van der Waals surface area contributed by atoms with Crippen LogP contribution >= 0.6 is 0 Å². The van der Waals surface area contributed by atoms with Crippen molar-refractivity contribution in [3.63, 3.8) is 0 Å². The van der Waals surface area contributed by atoms with E-state index in [1.165, 1.54) is 0 Å². The Hall–Kier alpha value is -1.06. The molecule has 0 aromatic heterocycles. The second kappa shape index (κ2) is 4.98. The number of rotatable bonds is 2. The molecule has 4 heteroatoms. The van der Waals surface area contributed by atoms with Crippen LogP contribution in [0.25, 0.3) is 0 Å². The molecular weight excluding hydrogens is 180 g/mol. The summed E-state index contributed by atoms with van der Waals surface area (Å²) < 4.78 is 0. The number of nitrogens with zero attached hydrogens (tertiary/aromatic N) is 2. The summed E-state index contributed by atoms with van der Waals surface area (Å²) in [6, 6.07) is 0. The lowest BCUT2D eigenvalue weighted by Gasteiger charge is -2.22. The van der Waals surface area contributed by atoms with Crippen molar-refractivity contribution in [3.8, 4) is 0 Å². The maximum atomic E-state index is 11.7. The first-order valence-electron chi connectivity index (χ1n) is 5.13. The molecule has 4 nitrogen and oxygen atoms in total. The van der Waals surface area contributed by atoms with E-state index in [0.717, 1.165) is 25.9 Å². The molecule has 0 bridgehead atoms. The molecule has 14 heavy (non-hydrogen) atoms. The van der Waals surface area contributed by atoms with Crippen LogP contribution in [0.2, 0.25) is 0 Å². The van der Waals surface area contributed by atoms with Crippen molar-refractivity contribution in [2.75, 3.05) is 26.2 Å². The van der Waals surface area contributed by atoms with E-state index in [2.05, 4.69) is 0 Å². The molecule has 0 radical (unpaired) electrons. The van der Waals surface area contributed by atoms with Gasteiger partial charge < -0.3 is 9.80 Å². The Balaban J connectivity index is 2.49. The Kier molecular flexibility index (Phi) is 3.92. The second-order valence-electron chi connectivity index (χ2n) is 3.97. The summed E-state index contributed by atoms with van der Waals surface area (Å²) in [7, 11) is 0. The lowest BCUT2D eigenvalue weighted by Crippen LogP contribution is -2.37. The van der Waals surface area contributed by atoms with Gasteiger partial charge in [0.1, 0.15) is 0 Å². The molecule has 1 rings (SSSR count). The smallest absolute Gasteiger partial charge is 0.225 e. The molecule has 0 spiro atoms. The highest BCUT2D eigenvalue weighted by Gasteiger charge is 2.19. The molecule has 1 fully saturated rings. The van der Waals surface area contributed by atoms with E-state index in [-0.39, 0.29) is 11.8 Å². The van der Waals surface area contributed by atoms with Crippen LogP contribution < -0.4 is 0 Å². The molecule has 1 saturated heterocycles. The fourth-order valence-electron chi connectivity index (χ4n) is 1.63. The van der Waals surface area contributed by atoms with Crippen LogP contribution in [0, 0.1) is 5.92 Å². The highest BCUT2D eigenvalue weighted by molar-refractivity contribution is 5.78. The summed E-state index contributed by atoms with van der Waals surface area (Å²) >= 11 is 0. The zero-order valence-electron chi connectivity index (χ0n) is 8.90. The highest BCUT2D eigenvalue weighted by Crippen LogP contribution is 2.06. The van der Waals surface area contributed by atoms with Gasteiger partial charge in [0.15, 0.2) is 0 Å². The van der Waals surface area contributed by atoms with E-state index in [0.29, 0.717) is 13.1 Å². The molecule has 0 aliphatic carbocycles. The van der Waals surface area contributed by atoms with Crippen LogP contribution in [-0.2, 0) is 9.59 Å². The van der Waals surface area contributed by atoms with E-state index in [1.807, 2.05) is 18.7 Å². The van der Waals surface area contributed by atoms with Crippen molar-refractivity contribution >= 4 is 12.3 Å². The first kappa shape index (κ1) is 11.0. The standard InChI is InChI=1S/C10H18N2O2/c1-9(2)10(14)12-5-3-4-11(8-13)6-7-12/h8-9H,3-7H2,1-2H3. The third-order valence-corrected chi connectivity index (χ3v) is 2.49. The van der Waals surface area contributed by atoms with Gasteiger partial charge in [-0.25, -0.2) is 0 Å². The first-order valence-corrected chi connectivity index (χ1v) is 5.13. The van der Waals surface area contributed by atoms with Gasteiger partial charge in [-0.05, 0) is 6.42 Å². The Morgan fingerprint density at radius 2 is 1.93 bits per heavy atom. The van der Waals surface area contributed by atoms with Crippen molar-refractivity contribution in [2.24, 2.45) is 5.92 Å². The average molecular weight is 198 g/mol. The van der Waals surface area contributed by atoms with Gasteiger partial charge in [0.25, 0.3) is 0 Å². The van der Waals surface area contributed by atoms with Crippen LogP contribution in [0.5, 0.6) is 0 Å². The van der Waals surface area contributed by atoms with Crippen molar-refractivity contribution in [1.29, 1.82) is 0 Å². The van der Waals surface area contributed by atoms with Gasteiger partial charge in [-0.3, -0.25) is 9.59 Å². The summed E-state index contributed by atoms with van der Waals surface area (Å²) in [6.07, 6.45) is 1.75. The second-order valence-corrected chi connectivity index (χ2v) is 3.97. The van der Waals surface area contributed by atoms with Gasteiger partial charge in [-0.1, -0.05) is 13.8 Å². The van der Waals surface area contributed by atoms with Crippen molar-refractivity contribution < 1.29 is 9.59 Å². The maximum absolute atomic E-state index is 11.7. The highest BCUT2D eigenvalue weighted by atomic mass is 16.2. The van der Waals surface area contributed by atoms with Gasteiger partial charge in [-0.2, -0.15) is 0 Å². The topological polar surface area (TPSA) is 40.6 Å². The lowest BCUT2D eigenvalue weighted by molar-refractivity contribution is -0.134. The van der Waals surface area contributed by atoms with Gasteiger partial charge >= 0.3 is 0 Å². The Bertz CT molecular complexity index is 216. The van der Waals surface area contributed by atoms with Crippen LogP contribution in [0.15, 0.2) is 0 Å². The lowest BCUT2D eigenvalue weighted by atomic mass is 10.2. The molecule has 0 N–H and O–H groups in total. The van der Waals surface area contributed by atoms with Crippen molar-refractivity contribution in [1.82, 2.24) is 9.80 Å². The summed E-state index contributed by atoms with van der Waals surface area (Å²) in [6.45, 7) is 6.71. The SMILES string of the molecule is CC(C)C(=O)N1CCCN(C=O)CC1. The van der Waals surface area contributed by atoms with Crippen LogP contribution in [0.1, 0.15) is 20.3 Å². The average Bonchev–Trinajstić information content (AvgIpc) is 2.41. The first-order chi connectivity index (χ1) is 6.65. The molecule has 2 amide bonds. The minimum absolute atomic E-state index is 0.0535. The normalized spacial score (nSPS) is 18.2. The predicted molar refractivity (Wildman–Crippen MR) is 53.7 cm³/mol. The number of amides is 2. The van der Waals surface area contributed by atoms with Crippen LogP contribution in [0.4, 0.5) is 0 Å². The predicted octanol–water partition coefficient (Wildman–Crippen LogP) is 0.333. The molecule has 1 heterocycles. The molecule has 0 unspecified atom stereocenters. The van der Waals surface area contributed by atoms with Crippen molar-refractivity contribution in [3.05, 3.63) is 0 Å². The number of hydrogen-bond donors (Lipinski definition) is 0. The molecule has 0 saturated carbocycles. The summed E-state index contributed by atoms with van der Waals surface area (Å²) in [4.78, 5) is 25.8. The maximum Gasteiger partial charge on any atom is 0.225 e. The molecule has 1 aliphatic rings.